The third-order valence-electron chi connectivity index (χ3n) is 5.33. The van der Waals surface area contributed by atoms with E-state index in [0.717, 1.165) is 28.6 Å². The molecule has 1 atom stereocenters. The van der Waals surface area contributed by atoms with Crippen molar-refractivity contribution in [1.29, 1.82) is 0 Å². The second-order valence-corrected chi connectivity index (χ2v) is 7.54. The minimum absolute atomic E-state index is 0.131. The Balaban J connectivity index is 1.60. The van der Waals surface area contributed by atoms with Crippen LogP contribution in [-0.4, -0.2) is 19.3 Å². The molecule has 0 saturated heterocycles. The van der Waals surface area contributed by atoms with Crippen LogP contribution in [0.1, 0.15) is 16.7 Å². The maximum atomic E-state index is 12.0. The zero-order chi connectivity index (χ0) is 20.5. The number of phenols is 1. The van der Waals surface area contributed by atoms with Gasteiger partial charge in [0.2, 0.25) is 0 Å². The summed E-state index contributed by atoms with van der Waals surface area (Å²) in [5.74, 6) is 0.982. The molecule has 4 rings (SSSR count). The number of rotatable bonds is 5. The van der Waals surface area contributed by atoms with Crippen molar-refractivity contribution in [3.63, 3.8) is 0 Å². The van der Waals surface area contributed by atoms with Crippen molar-refractivity contribution in [2.45, 2.75) is 20.0 Å². The molecular weight excluding hydrogens is 366 g/mol. The lowest BCUT2D eigenvalue weighted by Gasteiger charge is -2.16. The number of phenolic OH excluding ortho intramolecular Hbond substituents is 1. The number of hydrogen-bond acceptors (Lipinski definition) is 4. The Labute approximate surface area is 168 Å². The number of nitrogens with one attached hydrogen (secondary N) is 1. The zero-order valence-corrected chi connectivity index (χ0v) is 16.8. The summed E-state index contributed by atoms with van der Waals surface area (Å²) in [7, 11) is 3.77. The van der Waals surface area contributed by atoms with E-state index in [2.05, 4.69) is 31.3 Å². The van der Waals surface area contributed by atoms with E-state index in [9.17, 15) is 9.90 Å². The van der Waals surface area contributed by atoms with E-state index >= 15 is 0 Å². The standard InChI is InChI=1S/C24H23NO4/c1-15-22(26)9-8-21-19(12-23(27)29-24(15)21)14-25(2)13-16-4-5-18-11-20(28-3)7-6-17(18)10-16/h4-12,26H,13-14H2,1-3H3/p+1. The highest BCUT2D eigenvalue weighted by molar-refractivity contribution is 5.85. The first kappa shape index (κ1) is 19.0. The molecule has 5 nitrogen and oxygen atoms in total. The van der Waals surface area contributed by atoms with Crippen molar-refractivity contribution in [2.24, 2.45) is 0 Å². The first-order valence-corrected chi connectivity index (χ1v) is 9.58. The van der Waals surface area contributed by atoms with Crippen LogP contribution in [0.15, 0.2) is 63.8 Å². The first-order valence-electron chi connectivity index (χ1n) is 9.58. The second-order valence-electron chi connectivity index (χ2n) is 7.54. The number of fused-ring (bicyclic) bond motifs is 2. The molecule has 0 saturated carbocycles. The summed E-state index contributed by atoms with van der Waals surface area (Å²) < 4.78 is 10.6. The van der Waals surface area contributed by atoms with Gasteiger partial charge in [0.25, 0.3) is 0 Å². The molecule has 1 aromatic heterocycles. The molecule has 0 spiro atoms. The fourth-order valence-corrected chi connectivity index (χ4v) is 3.81. The Morgan fingerprint density at radius 3 is 2.55 bits per heavy atom. The summed E-state index contributed by atoms with van der Waals surface area (Å²) >= 11 is 0. The molecule has 3 aromatic carbocycles. The van der Waals surface area contributed by atoms with Gasteiger partial charge >= 0.3 is 5.63 Å². The van der Waals surface area contributed by atoms with Gasteiger partial charge in [-0.1, -0.05) is 18.2 Å². The highest BCUT2D eigenvalue weighted by atomic mass is 16.5. The zero-order valence-electron chi connectivity index (χ0n) is 16.8. The minimum Gasteiger partial charge on any atom is -0.508 e. The number of methoxy groups -OCH3 is 1. The third-order valence-corrected chi connectivity index (χ3v) is 5.33. The molecule has 0 bridgehead atoms. The Morgan fingerprint density at radius 2 is 1.76 bits per heavy atom. The predicted molar refractivity (Wildman–Crippen MR) is 114 cm³/mol. The van der Waals surface area contributed by atoms with Crippen LogP contribution in [0, 0.1) is 6.92 Å². The van der Waals surface area contributed by atoms with Crippen molar-refractivity contribution >= 4 is 21.7 Å². The molecule has 29 heavy (non-hydrogen) atoms. The number of aryl methyl sites for hydroxylation is 1. The van der Waals surface area contributed by atoms with Gasteiger partial charge in [-0.05, 0) is 48.0 Å². The van der Waals surface area contributed by atoms with Crippen LogP contribution < -0.4 is 15.3 Å². The van der Waals surface area contributed by atoms with E-state index in [-0.39, 0.29) is 5.75 Å². The van der Waals surface area contributed by atoms with Crippen LogP contribution in [-0.2, 0) is 13.1 Å². The van der Waals surface area contributed by atoms with Crippen LogP contribution in [0.5, 0.6) is 11.5 Å². The molecular formula is C24H24NO4+. The fourth-order valence-electron chi connectivity index (χ4n) is 3.81. The van der Waals surface area contributed by atoms with Gasteiger partial charge in [-0.25, -0.2) is 4.79 Å². The van der Waals surface area contributed by atoms with Crippen LogP contribution in [0.25, 0.3) is 21.7 Å². The van der Waals surface area contributed by atoms with Gasteiger partial charge < -0.3 is 19.2 Å². The van der Waals surface area contributed by atoms with Gasteiger partial charge in [-0.15, -0.1) is 0 Å². The molecule has 1 heterocycles. The lowest BCUT2D eigenvalue weighted by Crippen LogP contribution is -3.06. The molecule has 5 heteroatoms. The predicted octanol–water partition coefficient (Wildman–Crippen LogP) is 3.18. The van der Waals surface area contributed by atoms with Crippen LogP contribution in [0.3, 0.4) is 0 Å². The van der Waals surface area contributed by atoms with Gasteiger partial charge in [0.15, 0.2) is 0 Å². The summed E-state index contributed by atoms with van der Waals surface area (Å²) in [6.45, 7) is 3.25. The van der Waals surface area contributed by atoms with Gasteiger partial charge in [0.05, 0.1) is 14.2 Å². The van der Waals surface area contributed by atoms with E-state index in [4.69, 9.17) is 9.15 Å². The second kappa shape index (κ2) is 7.60. The molecule has 0 aliphatic rings. The van der Waals surface area contributed by atoms with E-state index < -0.39 is 5.63 Å². The normalized spacial score (nSPS) is 12.4. The minimum atomic E-state index is -0.395. The van der Waals surface area contributed by atoms with E-state index in [1.165, 1.54) is 15.8 Å². The molecule has 2 N–H and O–H groups in total. The SMILES string of the molecule is COc1ccc2cc(C[NH+](C)Cc3cc(=O)oc4c(C)c(O)ccc34)ccc2c1. The van der Waals surface area contributed by atoms with Gasteiger partial charge in [0, 0.05) is 28.1 Å². The molecule has 0 amide bonds. The van der Waals surface area contributed by atoms with Gasteiger partial charge in [0.1, 0.15) is 30.2 Å². The third kappa shape index (κ3) is 3.82. The molecule has 0 fully saturated rings. The Kier molecular flexibility index (Phi) is 4.99. The smallest absolute Gasteiger partial charge is 0.336 e. The monoisotopic (exact) mass is 390 g/mol. The summed E-state index contributed by atoms with van der Waals surface area (Å²) in [6, 6.07) is 17.5. The van der Waals surface area contributed by atoms with E-state index in [1.807, 2.05) is 18.2 Å². The quantitative estimate of drug-likeness (QED) is 0.514. The van der Waals surface area contributed by atoms with Crippen molar-refractivity contribution < 1.29 is 19.2 Å². The van der Waals surface area contributed by atoms with E-state index in [0.29, 0.717) is 17.7 Å². The van der Waals surface area contributed by atoms with E-state index in [1.54, 1.807) is 26.2 Å². The number of quaternary nitrogens is 1. The maximum absolute atomic E-state index is 12.0. The Bertz CT molecular complexity index is 1260. The Morgan fingerprint density at radius 1 is 1.00 bits per heavy atom. The topological polar surface area (TPSA) is 64.1 Å². The average Bonchev–Trinajstić information content (AvgIpc) is 2.70. The molecule has 0 aliphatic heterocycles. The number of aromatic hydroxyl groups is 1. The number of hydrogen-bond donors (Lipinski definition) is 2. The highest BCUT2D eigenvalue weighted by Crippen LogP contribution is 2.27. The Hall–Kier alpha value is -3.31. The number of ether oxygens (including phenoxy) is 1. The molecule has 1 unspecified atom stereocenters. The van der Waals surface area contributed by atoms with Gasteiger partial charge in [-0.2, -0.15) is 0 Å². The largest absolute Gasteiger partial charge is 0.508 e. The van der Waals surface area contributed by atoms with Crippen molar-refractivity contribution in [1.82, 2.24) is 0 Å². The fraction of sp³-hybridized carbons (Fsp3) is 0.208. The molecule has 0 radical (unpaired) electrons. The lowest BCUT2D eigenvalue weighted by atomic mass is 10.0. The average molecular weight is 390 g/mol. The van der Waals surface area contributed by atoms with Crippen LogP contribution >= 0.6 is 0 Å². The van der Waals surface area contributed by atoms with Crippen molar-refractivity contribution in [3.05, 3.63) is 81.7 Å². The highest BCUT2D eigenvalue weighted by Gasteiger charge is 2.14. The number of benzene rings is 3. The molecule has 148 valence electrons. The van der Waals surface area contributed by atoms with Crippen molar-refractivity contribution in [2.75, 3.05) is 14.2 Å². The van der Waals surface area contributed by atoms with Crippen LogP contribution in [0.2, 0.25) is 0 Å². The van der Waals surface area contributed by atoms with Gasteiger partial charge in [-0.3, -0.25) is 0 Å². The summed E-state index contributed by atoms with van der Waals surface area (Å²) in [5, 5.41) is 13.1. The lowest BCUT2D eigenvalue weighted by molar-refractivity contribution is -0.907. The maximum Gasteiger partial charge on any atom is 0.336 e. The first-order chi connectivity index (χ1) is 13.9. The van der Waals surface area contributed by atoms with Crippen molar-refractivity contribution in [3.8, 4) is 11.5 Å². The summed E-state index contributed by atoms with van der Waals surface area (Å²) in [4.78, 5) is 13.3. The van der Waals surface area contributed by atoms with Crippen LogP contribution in [0.4, 0.5) is 0 Å². The summed E-state index contributed by atoms with van der Waals surface area (Å²) in [6.07, 6.45) is 0. The molecule has 0 aliphatic carbocycles. The molecule has 4 aromatic rings. The summed E-state index contributed by atoms with van der Waals surface area (Å²) in [5.41, 5.74) is 2.79.